The van der Waals surface area contributed by atoms with Crippen molar-refractivity contribution in [2.45, 2.75) is 11.5 Å². The maximum atomic E-state index is 10.1. The van der Waals surface area contributed by atoms with Gasteiger partial charge in [0.25, 0.3) is 0 Å². The maximum absolute atomic E-state index is 10.1. The Bertz CT molecular complexity index is 284. The van der Waals surface area contributed by atoms with E-state index >= 15 is 0 Å². The number of ether oxygens (including phenoxy) is 1. The molecule has 13 heavy (non-hydrogen) atoms. The standard InChI is InChI=1S/C8H8O3S2/c9-8(10)11-5-6-1-3-7(13-12)4-2-6/h1-4,12H,5H2,(H,9,10). The minimum atomic E-state index is -1.26. The molecule has 0 spiro atoms. The molecule has 0 aliphatic carbocycles. The highest BCUT2D eigenvalue weighted by molar-refractivity contribution is 8.68. The summed E-state index contributed by atoms with van der Waals surface area (Å²) in [6.45, 7) is 0.0901. The lowest BCUT2D eigenvalue weighted by molar-refractivity contribution is 0.0854. The van der Waals surface area contributed by atoms with Crippen LogP contribution in [-0.2, 0) is 11.3 Å². The molecule has 0 saturated heterocycles. The van der Waals surface area contributed by atoms with Crippen LogP contribution in [0.1, 0.15) is 5.56 Å². The lowest BCUT2D eigenvalue weighted by Crippen LogP contribution is -1.99. The Hall–Kier alpha value is -0.810. The van der Waals surface area contributed by atoms with Crippen LogP contribution < -0.4 is 0 Å². The van der Waals surface area contributed by atoms with E-state index in [-0.39, 0.29) is 6.61 Å². The van der Waals surface area contributed by atoms with Crippen molar-refractivity contribution in [3.8, 4) is 0 Å². The van der Waals surface area contributed by atoms with Gasteiger partial charge in [0.05, 0.1) is 0 Å². The molecule has 0 heterocycles. The van der Waals surface area contributed by atoms with E-state index in [2.05, 4.69) is 16.4 Å². The highest BCUT2D eigenvalue weighted by atomic mass is 33.1. The Labute approximate surface area is 84.9 Å². The van der Waals surface area contributed by atoms with E-state index in [0.717, 1.165) is 10.5 Å². The van der Waals surface area contributed by atoms with Crippen LogP contribution in [0.2, 0.25) is 0 Å². The van der Waals surface area contributed by atoms with Crippen molar-refractivity contribution in [2.24, 2.45) is 0 Å². The van der Waals surface area contributed by atoms with Gasteiger partial charge in [-0.3, -0.25) is 0 Å². The maximum Gasteiger partial charge on any atom is 0.506 e. The van der Waals surface area contributed by atoms with Gasteiger partial charge < -0.3 is 9.84 Å². The lowest BCUT2D eigenvalue weighted by Gasteiger charge is -2.01. The van der Waals surface area contributed by atoms with Crippen LogP contribution in [0.4, 0.5) is 4.79 Å². The Kier molecular flexibility index (Phi) is 3.98. The van der Waals surface area contributed by atoms with Crippen LogP contribution in [0.3, 0.4) is 0 Å². The first-order valence-corrected chi connectivity index (χ1v) is 5.35. The molecule has 0 radical (unpaired) electrons. The van der Waals surface area contributed by atoms with Crippen LogP contribution in [0.5, 0.6) is 0 Å². The van der Waals surface area contributed by atoms with Crippen molar-refractivity contribution >= 4 is 28.6 Å². The molecule has 3 nitrogen and oxygen atoms in total. The summed E-state index contributed by atoms with van der Waals surface area (Å²) in [5, 5.41) is 8.24. The zero-order chi connectivity index (χ0) is 9.68. The molecule has 0 atom stereocenters. The van der Waals surface area contributed by atoms with Gasteiger partial charge in [0.1, 0.15) is 6.61 Å². The average Bonchev–Trinajstić information content (AvgIpc) is 2.15. The monoisotopic (exact) mass is 216 g/mol. The molecular weight excluding hydrogens is 208 g/mol. The summed E-state index contributed by atoms with van der Waals surface area (Å²) in [5.41, 5.74) is 0.827. The molecule has 0 unspecified atom stereocenters. The number of rotatable bonds is 3. The number of benzene rings is 1. The number of hydrogen-bond donors (Lipinski definition) is 2. The topological polar surface area (TPSA) is 46.5 Å². The first-order valence-electron chi connectivity index (χ1n) is 3.48. The zero-order valence-corrected chi connectivity index (χ0v) is 8.35. The van der Waals surface area contributed by atoms with Crippen molar-refractivity contribution in [1.82, 2.24) is 0 Å². The van der Waals surface area contributed by atoms with Gasteiger partial charge in [0, 0.05) is 4.90 Å². The zero-order valence-electron chi connectivity index (χ0n) is 6.64. The summed E-state index contributed by atoms with van der Waals surface area (Å²) in [6.07, 6.45) is -1.26. The van der Waals surface area contributed by atoms with E-state index in [1.54, 1.807) is 0 Å². The van der Waals surface area contributed by atoms with E-state index in [1.165, 1.54) is 10.8 Å². The Morgan fingerprint density at radius 3 is 2.54 bits per heavy atom. The quantitative estimate of drug-likeness (QED) is 0.463. The molecule has 0 saturated carbocycles. The molecule has 0 bridgehead atoms. The molecule has 0 amide bonds. The predicted molar refractivity (Wildman–Crippen MR) is 54.1 cm³/mol. The van der Waals surface area contributed by atoms with E-state index in [9.17, 15) is 4.79 Å². The number of thiol groups is 1. The van der Waals surface area contributed by atoms with Gasteiger partial charge in [-0.05, 0) is 17.7 Å². The summed E-state index contributed by atoms with van der Waals surface area (Å²) in [5.74, 6) is 0. The number of carboxylic acid groups (broad SMARTS) is 1. The Balaban J connectivity index is 2.54. The lowest BCUT2D eigenvalue weighted by atomic mass is 10.2. The average molecular weight is 216 g/mol. The van der Waals surface area contributed by atoms with Crippen molar-refractivity contribution in [3.05, 3.63) is 29.8 Å². The van der Waals surface area contributed by atoms with E-state index in [4.69, 9.17) is 5.11 Å². The highest BCUT2D eigenvalue weighted by Gasteiger charge is 1.98. The molecular formula is C8H8O3S2. The number of hydrogen-bond acceptors (Lipinski definition) is 4. The summed E-state index contributed by atoms with van der Waals surface area (Å²) in [7, 11) is 1.34. The largest absolute Gasteiger partial charge is 0.506 e. The molecule has 1 N–H and O–H groups in total. The summed E-state index contributed by atoms with van der Waals surface area (Å²) >= 11 is 4.02. The third-order valence-electron chi connectivity index (χ3n) is 1.39. The second kappa shape index (κ2) is 5.04. The Morgan fingerprint density at radius 1 is 1.46 bits per heavy atom. The van der Waals surface area contributed by atoms with Crippen LogP contribution >= 0.6 is 22.5 Å². The molecule has 0 aliphatic rings. The van der Waals surface area contributed by atoms with Gasteiger partial charge in [-0.25, -0.2) is 4.79 Å². The number of carbonyl (C=O) groups is 1. The Morgan fingerprint density at radius 2 is 2.08 bits per heavy atom. The van der Waals surface area contributed by atoms with Crippen LogP contribution in [0, 0.1) is 0 Å². The van der Waals surface area contributed by atoms with Crippen LogP contribution in [0.25, 0.3) is 0 Å². The SMILES string of the molecule is O=C(O)OCc1ccc(SS)cc1. The molecule has 0 aliphatic heterocycles. The van der Waals surface area contributed by atoms with E-state index in [0.29, 0.717) is 0 Å². The van der Waals surface area contributed by atoms with Gasteiger partial charge in [-0.2, -0.15) is 0 Å². The van der Waals surface area contributed by atoms with Crippen molar-refractivity contribution in [1.29, 1.82) is 0 Å². The van der Waals surface area contributed by atoms with Crippen molar-refractivity contribution in [2.75, 3.05) is 0 Å². The second-order valence-corrected chi connectivity index (χ2v) is 3.49. The summed E-state index contributed by atoms with van der Waals surface area (Å²) in [6, 6.07) is 7.33. The van der Waals surface area contributed by atoms with Crippen molar-refractivity contribution in [3.63, 3.8) is 0 Å². The molecule has 1 aromatic rings. The van der Waals surface area contributed by atoms with E-state index < -0.39 is 6.16 Å². The minimum Gasteiger partial charge on any atom is -0.450 e. The third kappa shape index (κ3) is 3.61. The van der Waals surface area contributed by atoms with Crippen LogP contribution in [0.15, 0.2) is 29.2 Å². The van der Waals surface area contributed by atoms with Gasteiger partial charge >= 0.3 is 6.16 Å². The normalized spacial score (nSPS) is 9.62. The molecule has 1 rings (SSSR count). The fraction of sp³-hybridized carbons (Fsp3) is 0.125. The van der Waals surface area contributed by atoms with Crippen LogP contribution in [-0.4, -0.2) is 11.3 Å². The smallest absolute Gasteiger partial charge is 0.450 e. The second-order valence-electron chi connectivity index (χ2n) is 2.29. The summed E-state index contributed by atoms with van der Waals surface area (Å²) in [4.78, 5) is 11.1. The molecule has 70 valence electrons. The fourth-order valence-corrected chi connectivity index (χ4v) is 1.41. The first-order chi connectivity index (χ1) is 6.22. The van der Waals surface area contributed by atoms with Gasteiger partial charge in [-0.15, -0.1) is 11.7 Å². The van der Waals surface area contributed by atoms with Gasteiger partial charge in [-0.1, -0.05) is 22.9 Å². The van der Waals surface area contributed by atoms with Crippen molar-refractivity contribution < 1.29 is 14.6 Å². The molecule has 0 aromatic heterocycles. The van der Waals surface area contributed by atoms with E-state index in [1.807, 2.05) is 24.3 Å². The highest BCUT2D eigenvalue weighted by Crippen LogP contribution is 2.21. The molecule has 5 heteroatoms. The first kappa shape index (κ1) is 10.3. The molecule has 1 aromatic carbocycles. The van der Waals surface area contributed by atoms with Gasteiger partial charge in [0.2, 0.25) is 0 Å². The molecule has 0 fully saturated rings. The summed E-state index contributed by atoms with van der Waals surface area (Å²) < 4.78 is 4.39. The minimum absolute atomic E-state index is 0.0901. The predicted octanol–water partition coefficient (Wildman–Crippen LogP) is 2.82. The third-order valence-corrected chi connectivity index (χ3v) is 2.51. The van der Waals surface area contributed by atoms with Gasteiger partial charge in [0.15, 0.2) is 0 Å². The fourth-order valence-electron chi connectivity index (χ4n) is 0.792.